The Bertz CT molecular complexity index is 490. The standard InChI is InChI=1S/C15H20ClN3O2/c16-13-7-6-12(11-18-13)15(21)17-8-4-10-19-9-3-1-2-5-14(19)20/h6-7,11H,1-5,8-10H2,(H,17,21). The van der Waals surface area contributed by atoms with E-state index in [9.17, 15) is 9.59 Å². The molecule has 2 rings (SSSR count). The number of rotatable bonds is 5. The van der Waals surface area contributed by atoms with E-state index in [0.29, 0.717) is 30.2 Å². The van der Waals surface area contributed by atoms with Gasteiger partial charge in [0.15, 0.2) is 0 Å². The third-order valence-electron chi connectivity index (χ3n) is 3.55. The van der Waals surface area contributed by atoms with Crippen LogP contribution in [0.4, 0.5) is 0 Å². The molecule has 1 aliphatic heterocycles. The van der Waals surface area contributed by atoms with E-state index in [0.717, 1.165) is 32.2 Å². The first-order valence-electron chi connectivity index (χ1n) is 7.34. The van der Waals surface area contributed by atoms with Crippen LogP contribution in [0.1, 0.15) is 42.5 Å². The van der Waals surface area contributed by atoms with Crippen molar-refractivity contribution in [1.29, 1.82) is 0 Å². The van der Waals surface area contributed by atoms with Crippen molar-refractivity contribution in [3.05, 3.63) is 29.0 Å². The summed E-state index contributed by atoms with van der Waals surface area (Å²) in [6.07, 6.45) is 6.07. The van der Waals surface area contributed by atoms with Gasteiger partial charge in [0.2, 0.25) is 5.91 Å². The Morgan fingerprint density at radius 3 is 2.95 bits per heavy atom. The lowest BCUT2D eigenvalue weighted by atomic mass is 10.2. The van der Waals surface area contributed by atoms with Crippen LogP contribution in [0, 0.1) is 0 Å². The minimum Gasteiger partial charge on any atom is -0.352 e. The molecule has 5 nitrogen and oxygen atoms in total. The normalized spacial score (nSPS) is 15.7. The molecule has 114 valence electrons. The van der Waals surface area contributed by atoms with Crippen LogP contribution in [0.3, 0.4) is 0 Å². The van der Waals surface area contributed by atoms with Gasteiger partial charge in [-0.1, -0.05) is 18.0 Å². The molecular formula is C15H20ClN3O2. The fraction of sp³-hybridized carbons (Fsp3) is 0.533. The number of carbonyl (C=O) groups is 2. The Morgan fingerprint density at radius 1 is 1.33 bits per heavy atom. The first-order valence-corrected chi connectivity index (χ1v) is 7.72. The second kappa shape index (κ2) is 7.98. The Balaban J connectivity index is 1.70. The third-order valence-corrected chi connectivity index (χ3v) is 3.77. The van der Waals surface area contributed by atoms with Gasteiger partial charge in [0.1, 0.15) is 5.15 Å². The predicted octanol–water partition coefficient (Wildman–Crippen LogP) is 2.26. The molecule has 1 aliphatic rings. The fourth-order valence-corrected chi connectivity index (χ4v) is 2.47. The summed E-state index contributed by atoms with van der Waals surface area (Å²) in [5.74, 6) is 0.0714. The summed E-state index contributed by atoms with van der Waals surface area (Å²) in [7, 11) is 0. The van der Waals surface area contributed by atoms with Gasteiger partial charge >= 0.3 is 0 Å². The quantitative estimate of drug-likeness (QED) is 0.670. The molecule has 0 bridgehead atoms. The maximum Gasteiger partial charge on any atom is 0.252 e. The third kappa shape index (κ3) is 5.01. The number of carbonyl (C=O) groups excluding carboxylic acids is 2. The van der Waals surface area contributed by atoms with Crippen LogP contribution in [0.5, 0.6) is 0 Å². The molecule has 0 atom stereocenters. The van der Waals surface area contributed by atoms with Crippen molar-refractivity contribution in [3.63, 3.8) is 0 Å². The van der Waals surface area contributed by atoms with E-state index in [1.165, 1.54) is 6.20 Å². The molecule has 0 spiro atoms. The summed E-state index contributed by atoms with van der Waals surface area (Å²) in [6, 6.07) is 3.23. The molecule has 1 saturated heterocycles. The molecule has 0 radical (unpaired) electrons. The zero-order valence-electron chi connectivity index (χ0n) is 12.0. The van der Waals surface area contributed by atoms with Gasteiger partial charge in [-0.15, -0.1) is 0 Å². The molecule has 1 fully saturated rings. The molecule has 1 N–H and O–H groups in total. The number of nitrogens with zero attached hydrogens (tertiary/aromatic N) is 2. The topological polar surface area (TPSA) is 62.3 Å². The van der Waals surface area contributed by atoms with Crippen molar-refractivity contribution in [1.82, 2.24) is 15.2 Å². The van der Waals surface area contributed by atoms with Crippen LogP contribution in [0.2, 0.25) is 5.15 Å². The summed E-state index contributed by atoms with van der Waals surface area (Å²) in [5.41, 5.74) is 0.491. The molecule has 0 aromatic carbocycles. The second-order valence-electron chi connectivity index (χ2n) is 5.17. The lowest BCUT2D eigenvalue weighted by molar-refractivity contribution is -0.130. The average molecular weight is 310 g/mol. The monoisotopic (exact) mass is 309 g/mol. The largest absolute Gasteiger partial charge is 0.352 e. The summed E-state index contributed by atoms with van der Waals surface area (Å²) in [6.45, 7) is 2.09. The number of amides is 2. The average Bonchev–Trinajstić information content (AvgIpc) is 2.69. The van der Waals surface area contributed by atoms with E-state index in [-0.39, 0.29) is 11.8 Å². The van der Waals surface area contributed by atoms with E-state index >= 15 is 0 Å². The number of halogens is 1. The first-order chi connectivity index (χ1) is 10.2. The minimum absolute atomic E-state index is 0.165. The van der Waals surface area contributed by atoms with Crippen molar-refractivity contribution in [2.24, 2.45) is 0 Å². The van der Waals surface area contributed by atoms with Gasteiger partial charge in [0, 0.05) is 32.3 Å². The Morgan fingerprint density at radius 2 is 2.19 bits per heavy atom. The van der Waals surface area contributed by atoms with E-state index in [1.807, 2.05) is 4.90 Å². The van der Waals surface area contributed by atoms with Crippen molar-refractivity contribution in [2.75, 3.05) is 19.6 Å². The molecule has 1 aromatic heterocycles. The highest BCUT2D eigenvalue weighted by atomic mass is 35.5. The van der Waals surface area contributed by atoms with Crippen LogP contribution in [0.25, 0.3) is 0 Å². The number of likely N-dealkylation sites (tertiary alicyclic amines) is 1. The fourth-order valence-electron chi connectivity index (χ4n) is 2.36. The van der Waals surface area contributed by atoms with Crippen LogP contribution < -0.4 is 5.32 Å². The molecular weight excluding hydrogens is 290 g/mol. The summed E-state index contributed by atoms with van der Waals surface area (Å²) in [4.78, 5) is 29.4. The van der Waals surface area contributed by atoms with Gasteiger partial charge in [-0.2, -0.15) is 0 Å². The molecule has 21 heavy (non-hydrogen) atoms. The highest BCUT2D eigenvalue weighted by Gasteiger charge is 2.15. The molecule has 2 amide bonds. The minimum atomic E-state index is -0.165. The Hall–Kier alpha value is -1.62. The number of hydrogen-bond donors (Lipinski definition) is 1. The lowest BCUT2D eigenvalue weighted by Crippen LogP contribution is -2.34. The predicted molar refractivity (Wildman–Crippen MR) is 81.2 cm³/mol. The zero-order valence-corrected chi connectivity index (χ0v) is 12.7. The molecule has 0 saturated carbocycles. The summed E-state index contributed by atoms with van der Waals surface area (Å²) >= 11 is 5.68. The smallest absolute Gasteiger partial charge is 0.252 e. The van der Waals surface area contributed by atoms with E-state index in [2.05, 4.69) is 10.3 Å². The van der Waals surface area contributed by atoms with Crippen LogP contribution in [-0.4, -0.2) is 41.3 Å². The Kier molecular flexibility index (Phi) is 5.99. The van der Waals surface area contributed by atoms with Crippen LogP contribution in [-0.2, 0) is 4.79 Å². The maximum atomic E-state index is 11.9. The number of aromatic nitrogens is 1. The van der Waals surface area contributed by atoms with E-state index in [4.69, 9.17) is 11.6 Å². The number of pyridine rings is 1. The molecule has 6 heteroatoms. The van der Waals surface area contributed by atoms with Crippen molar-refractivity contribution >= 4 is 23.4 Å². The number of hydrogen-bond acceptors (Lipinski definition) is 3. The van der Waals surface area contributed by atoms with Crippen LogP contribution >= 0.6 is 11.6 Å². The molecule has 2 heterocycles. The summed E-state index contributed by atoms with van der Waals surface area (Å²) in [5, 5.41) is 3.20. The highest BCUT2D eigenvalue weighted by Crippen LogP contribution is 2.11. The van der Waals surface area contributed by atoms with Crippen molar-refractivity contribution in [3.8, 4) is 0 Å². The summed E-state index contributed by atoms with van der Waals surface area (Å²) < 4.78 is 0. The van der Waals surface area contributed by atoms with Crippen molar-refractivity contribution < 1.29 is 9.59 Å². The number of nitrogens with one attached hydrogen (secondary N) is 1. The van der Waals surface area contributed by atoms with Gasteiger partial charge in [0.25, 0.3) is 5.91 Å². The maximum absolute atomic E-state index is 11.9. The van der Waals surface area contributed by atoms with Crippen LogP contribution in [0.15, 0.2) is 18.3 Å². The van der Waals surface area contributed by atoms with E-state index < -0.39 is 0 Å². The lowest BCUT2D eigenvalue weighted by Gasteiger charge is -2.20. The second-order valence-corrected chi connectivity index (χ2v) is 5.56. The van der Waals surface area contributed by atoms with Gasteiger partial charge < -0.3 is 10.2 Å². The van der Waals surface area contributed by atoms with E-state index in [1.54, 1.807) is 12.1 Å². The van der Waals surface area contributed by atoms with Gasteiger partial charge in [0.05, 0.1) is 5.56 Å². The first kappa shape index (κ1) is 15.8. The highest BCUT2D eigenvalue weighted by molar-refractivity contribution is 6.29. The zero-order chi connectivity index (χ0) is 15.1. The van der Waals surface area contributed by atoms with Gasteiger partial charge in [-0.3, -0.25) is 9.59 Å². The SMILES string of the molecule is O=C(NCCCN1CCCCCC1=O)c1ccc(Cl)nc1. The van der Waals surface area contributed by atoms with Gasteiger partial charge in [-0.05, 0) is 31.4 Å². The Labute approximate surface area is 129 Å². The molecule has 0 aliphatic carbocycles. The molecule has 1 aromatic rings. The molecule has 0 unspecified atom stereocenters. The van der Waals surface area contributed by atoms with Gasteiger partial charge in [-0.25, -0.2) is 4.98 Å². The van der Waals surface area contributed by atoms with Crippen molar-refractivity contribution in [2.45, 2.75) is 32.1 Å².